The Balaban J connectivity index is 1.47. The number of carbonyl (C=O) groups excluding carboxylic acids is 2. The normalized spacial score (nSPS) is 20.6. The van der Waals surface area contributed by atoms with Crippen LogP contribution in [0.25, 0.3) is 0 Å². The van der Waals surface area contributed by atoms with E-state index in [1.807, 2.05) is 30.0 Å². The van der Waals surface area contributed by atoms with E-state index in [1.54, 1.807) is 10.9 Å². The minimum absolute atomic E-state index is 0.0892. The van der Waals surface area contributed by atoms with Gasteiger partial charge < -0.3 is 9.80 Å². The number of rotatable bonds is 4. The molecule has 0 unspecified atom stereocenters. The number of piperazine rings is 1. The van der Waals surface area contributed by atoms with Crippen molar-refractivity contribution in [1.29, 1.82) is 0 Å². The molecule has 1 atom stereocenters. The Kier molecular flexibility index (Phi) is 5.73. The molecule has 0 aromatic carbocycles. The lowest BCUT2D eigenvalue weighted by molar-refractivity contribution is -0.139. The zero-order valence-corrected chi connectivity index (χ0v) is 15.4. The maximum absolute atomic E-state index is 12.7. The van der Waals surface area contributed by atoms with Crippen LogP contribution in [0.5, 0.6) is 0 Å². The number of hydrogen-bond donors (Lipinski definition) is 0. The summed E-state index contributed by atoms with van der Waals surface area (Å²) in [6.45, 7) is 6.70. The van der Waals surface area contributed by atoms with Crippen molar-refractivity contribution < 1.29 is 9.59 Å². The number of likely N-dealkylation sites (tertiary alicyclic amines) is 1. The first-order valence-electron chi connectivity index (χ1n) is 9.33. The fourth-order valence-electron chi connectivity index (χ4n) is 3.74. The summed E-state index contributed by atoms with van der Waals surface area (Å²) in [6.07, 6.45) is 7.50. The van der Waals surface area contributed by atoms with E-state index in [-0.39, 0.29) is 17.9 Å². The molecular weight excluding hydrogens is 318 g/mol. The van der Waals surface area contributed by atoms with Gasteiger partial charge in [0.25, 0.3) is 0 Å². The molecule has 2 aliphatic rings. The Morgan fingerprint density at radius 3 is 2.32 bits per heavy atom. The van der Waals surface area contributed by atoms with Gasteiger partial charge in [0.2, 0.25) is 11.8 Å². The third-order valence-corrected chi connectivity index (χ3v) is 5.35. The van der Waals surface area contributed by atoms with Crippen molar-refractivity contribution >= 4 is 11.8 Å². The van der Waals surface area contributed by atoms with Gasteiger partial charge in [-0.2, -0.15) is 5.10 Å². The maximum Gasteiger partial charge on any atom is 0.239 e. The van der Waals surface area contributed by atoms with Gasteiger partial charge in [0.15, 0.2) is 0 Å². The Morgan fingerprint density at radius 1 is 1.04 bits per heavy atom. The van der Waals surface area contributed by atoms with Crippen LogP contribution in [0.15, 0.2) is 12.4 Å². The SMILES string of the molecule is C[C@H](C(=O)N1CCCCC1)N1CCN(C(=O)Cc2cnn(C)c2)CC1. The highest BCUT2D eigenvalue weighted by molar-refractivity contribution is 5.82. The van der Waals surface area contributed by atoms with Crippen molar-refractivity contribution in [3.05, 3.63) is 18.0 Å². The summed E-state index contributed by atoms with van der Waals surface area (Å²) in [7, 11) is 1.85. The van der Waals surface area contributed by atoms with Crippen LogP contribution in [-0.2, 0) is 23.1 Å². The number of piperidine rings is 1. The number of carbonyl (C=O) groups is 2. The first-order valence-corrected chi connectivity index (χ1v) is 9.33. The lowest BCUT2D eigenvalue weighted by Crippen LogP contribution is -2.56. The fraction of sp³-hybridized carbons (Fsp3) is 0.722. The topological polar surface area (TPSA) is 61.7 Å². The summed E-state index contributed by atoms with van der Waals surface area (Å²) in [4.78, 5) is 31.2. The summed E-state index contributed by atoms with van der Waals surface area (Å²) < 4.78 is 1.72. The van der Waals surface area contributed by atoms with Gasteiger partial charge in [-0.1, -0.05) is 0 Å². The molecule has 2 saturated heterocycles. The van der Waals surface area contributed by atoms with E-state index in [9.17, 15) is 9.59 Å². The highest BCUT2D eigenvalue weighted by Gasteiger charge is 2.30. The van der Waals surface area contributed by atoms with E-state index in [0.29, 0.717) is 19.5 Å². The van der Waals surface area contributed by atoms with Gasteiger partial charge in [-0.15, -0.1) is 0 Å². The van der Waals surface area contributed by atoms with Crippen LogP contribution < -0.4 is 0 Å². The van der Waals surface area contributed by atoms with Crippen LogP contribution in [0, 0.1) is 0 Å². The van der Waals surface area contributed by atoms with Gasteiger partial charge in [0.05, 0.1) is 18.7 Å². The molecule has 0 bridgehead atoms. The number of amides is 2. The molecule has 138 valence electrons. The van der Waals surface area contributed by atoms with Crippen LogP contribution in [0.1, 0.15) is 31.7 Å². The smallest absolute Gasteiger partial charge is 0.239 e. The van der Waals surface area contributed by atoms with Gasteiger partial charge in [-0.25, -0.2) is 0 Å². The Hall–Kier alpha value is -1.89. The van der Waals surface area contributed by atoms with E-state index in [2.05, 4.69) is 10.00 Å². The lowest BCUT2D eigenvalue weighted by Gasteiger charge is -2.39. The fourth-order valence-corrected chi connectivity index (χ4v) is 3.74. The molecule has 0 saturated carbocycles. The molecule has 25 heavy (non-hydrogen) atoms. The molecule has 3 heterocycles. The van der Waals surface area contributed by atoms with Gasteiger partial charge in [-0.05, 0) is 31.7 Å². The maximum atomic E-state index is 12.7. The van der Waals surface area contributed by atoms with Crippen LogP contribution in [0.4, 0.5) is 0 Å². The number of aryl methyl sites for hydroxylation is 1. The number of nitrogens with zero attached hydrogens (tertiary/aromatic N) is 5. The second-order valence-electron chi connectivity index (χ2n) is 7.18. The van der Waals surface area contributed by atoms with Crippen molar-refractivity contribution in [2.24, 2.45) is 7.05 Å². The third-order valence-electron chi connectivity index (χ3n) is 5.35. The van der Waals surface area contributed by atoms with Crippen LogP contribution in [0.3, 0.4) is 0 Å². The zero-order chi connectivity index (χ0) is 17.8. The van der Waals surface area contributed by atoms with Crippen molar-refractivity contribution in [2.75, 3.05) is 39.3 Å². The van der Waals surface area contributed by atoms with Crippen molar-refractivity contribution in [1.82, 2.24) is 24.5 Å². The zero-order valence-electron chi connectivity index (χ0n) is 15.4. The second-order valence-corrected chi connectivity index (χ2v) is 7.18. The largest absolute Gasteiger partial charge is 0.341 e. The molecule has 1 aromatic rings. The average molecular weight is 347 g/mol. The molecule has 7 heteroatoms. The summed E-state index contributed by atoms with van der Waals surface area (Å²) in [6, 6.07) is -0.0892. The first-order chi connectivity index (χ1) is 12.0. The van der Waals surface area contributed by atoms with E-state index < -0.39 is 0 Å². The van der Waals surface area contributed by atoms with Gasteiger partial charge >= 0.3 is 0 Å². The molecule has 0 aliphatic carbocycles. The Morgan fingerprint density at radius 2 is 1.72 bits per heavy atom. The van der Waals surface area contributed by atoms with Crippen molar-refractivity contribution in [3.63, 3.8) is 0 Å². The van der Waals surface area contributed by atoms with E-state index in [0.717, 1.165) is 44.6 Å². The standard InChI is InChI=1S/C18H29N5O2/c1-15(18(25)23-6-4-3-5-7-23)21-8-10-22(11-9-21)17(24)12-16-13-19-20(2)14-16/h13-15H,3-12H2,1-2H3/t15-/m1/s1. The summed E-state index contributed by atoms with van der Waals surface area (Å²) in [5, 5.41) is 4.11. The van der Waals surface area contributed by atoms with Crippen LogP contribution in [0.2, 0.25) is 0 Å². The second kappa shape index (κ2) is 7.99. The number of hydrogen-bond acceptors (Lipinski definition) is 4. The molecule has 0 spiro atoms. The summed E-state index contributed by atoms with van der Waals surface area (Å²) >= 11 is 0. The Bertz CT molecular complexity index is 600. The van der Waals surface area contributed by atoms with Gasteiger partial charge in [-0.3, -0.25) is 19.2 Å². The van der Waals surface area contributed by atoms with Gasteiger partial charge in [0.1, 0.15) is 0 Å². The molecule has 2 fully saturated rings. The van der Waals surface area contributed by atoms with E-state index in [4.69, 9.17) is 0 Å². The van der Waals surface area contributed by atoms with Crippen molar-refractivity contribution in [3.8, 4) is 0 Å². The van der Waals surface area contributed by atoms with Crippen LogP contribution in [-0.4, -0.2) is 81.6 Å². The minimum atomic E-state index is -0.0892. The van der Waals surface area contributed by atoms with Crippen molar-refractivity contribution in [2.45, 2.75) is 38.6 Å². The molecular formula is C18H29N5O2. The molecule has 2 aliphatic heterocycles. The average Bonchev–Trinajstić information content (AvgIpc) is 3.06. The monoisotopic (exact) mass is 347 g/mol. The Labute approximate surface area is 149 Å². The summed E-state index contributed by atoms with van der Waals surface area (Å²) in [5.41, 5.74) is 0.948. The van der Waals surface area contributed by atoms with Crippen LogP contribution >= 0.6 is 0 Å². The highest BCUT2D eigenvalue weighted by Crippen LogP contribution is 2.14. The quantitative estimate of drug-likeness (QED) is 0.796. The molecule has 3 rings (SSSR count). The minimum Gasteiger partial charge on any atom is -0.341 e. The first kappa shape index (κ1) is 17.9. The molecule has 1 aromatic heterocycles. The molecule has 0 radical (unpaired) electrons. The predicted octanol–water partition coefficient (Wildman–Crippen LogP) is 0.508. The molecule has 7 nitrogen and oxygen atoms in total. The predicted molar refractivity (Wildman–Crippen MR) is 95.0 cm³/mol. The summed E-state index contributed by atoms with van der Waals surface area (Å²) in [5.74, 6) is 0.387. The molecule has 2 amide bonds. The number of aromatic nitrogens is 2. The third kappa shape index (κ3) is 4.39. The lowest BCUT2D eigenvalue weighted by atomic mass is 10.1. The van der Waals surface area contributed by atoms with Gasteiger partial charge in [0, 0.05) is 52.5 Å². The van der Waals surface area contributed by atoms with E-state index >= 15 is 0 Å². The van der Waals surface area contributed by atoms with E-state index in [1.165, 1.54) is 6.42 Å². The highest BCUT2D eigenvalue weighted by atomic mass is 16.2. The molecule has 0 N–H and O–H groups in total.